The number of amides is 1. The van der Waals surface area contributed by atoms with E-state index in [1.165, 1.54) is 16.9 Å². The van der Waals surface area contributed by atoms with E-state index in [9.17, 15) is 4.79 Å². The van der Waals surface area contributed by atoms with Crippen molar-refractivity contribution in [1.82, 2.24) is 9.88 Å². The summed E-state index contributed by atoms with van der Waals surface area (Å²) in [5, 5.41) is 2.78. The highest BCUT2D eigenvalue weighted by molar-refractivity contribution is 7.13. The minimum atomic E-state index is 0.0509. The summed E-state index contributed by atoms with van der Waals surface area (Å²) in [6.45, 7) is 4.97. The molecule has 0 spiro atoms. The average molecular weight is 423 g/mol. The van der Waals surface area contributed by atoms with E-state index in [1.54, 1.807) is 20.3 Å². The Bertz CT molecular complexity index is 985. The third-order valence-corrected chi connectivity index (χ3v) is 5.67. The van der Waals surface area contributed by atoms with Gasteiger partial charge in [0.05, 0.1) is 26.3 Å². The average Bonchev–Trinajstić information content (AvgIpc) is 3.25. The number of thiazole rings is 1. The Morgan fingerprint density at radius 3 is 2.60 bits per heavy atom. The standard InChI is InChI=1S/C24H26N2O3S/c1-4-13-26(14-12-18-8-6-5-7-9-18)23(27)16-20-17-30-24(25-20)19-10-11-21(28-2)22(15-19)29-3/h4-11,15,17H,1,12-14,16H2,2-3H3. The van der Waals surface area contributed by atoms with Crippen LogP contribution in [0.5, 0.6) is 11.5 Å². The van der Waals surface area contributed by atoms with Crippen LogP contribution in [0.25, 0.3) is 10.6 Å². The molecule has 3 rings (SSSR count). The topological polar surface area (TPSA) is 51.7 Å². The summed E-state index contributed by atoms with van der Waals surface area (Å²) in [5.41, 5.74) is 2.91. The molecule has 0 aliphatic rings. The molecule has 6 heteroatoms. The van der Waals surface area contributed by atoms with Crippen molar-refractivity contribution in [3.63, 3.8) is 0 Å². The van der Waals surface area contributed by atoms with Crippen LogP contribution in [0.1, 0.15) is 11.3 Å². The molecule has 0 aliphatic carbocycles. The normalized spacial score (nSPS) is 10.5. The van der Waals surface area contributed by atoms with Crippen LogP contribution in [0.3, 0.4) is 0 Å². The van der Waals surface area contributed by atoms with Gasteiger partial charge < -0.3 is 14.4 Å². The van der Waals surface area contributed by atoms with Gasteiger partial charge in [-0.3, -0.25) is 4.79 Å². The summed E-state index contributed by atoms with van der Waals surface area (Å²) >= 11 is 1.51. The molecule has 1 heterocycles. The molecule has 0 saturated heterocycles. The Morgan fingerprint density at radius 2 is 1.90 bits per heavy atom. The van der Waals surface area contributed by atoms with Gasteiger partial charge in [-0.15, -0.1) is 17.9 Å². The van der Waals surface area contributed by atoms with Crippen LogP contribution in [0.2, 0.25) is 0 Å². The van der Waals surface area contributed by atoms with Crippen molar-refractivity contribution in [3.8, 4) is 22.1 Å². The molecule has 1 aromatic heterocycles. The summed E-state index contributed by atoms with van der Waals surface area (Å²) in [4.78, 5) is 19.3. The Morgan fingerprint density at radius 1 is 1.13 bits per heavy atom. The van der Waals surface area contributed by atoms with E-state index in [4.69, 9.17) is 9.47 Å². The molecule has 30 heavy (non-hydrogen) atoms. The number of methoxy groups -OCH3 is 2. The third-order valence-electron chi connectivity index (χ3n) is 4.73. The second kappa shape index (κ2) is 10.6. The lowest BCUT2D eigenvalue weighted by Gasteiger charge is -2.21. The van der Waals surface area contributed by atoms with Crippen molar-refractivity contribution < 1.29 is 14.3 Å². The van der Waals surface area contributed by atoms with E-state index in [1.807, 2.05) is 46.7 Å². The van der Waals surface area contributed by atoms with Gasteiger partial charge in [0.2, 0.25) is 5.91 Å². The van der Waals surface area contributed by atoms with E-state index >= 15 is 0 Å². The predicted molar refractivity (Wildman–Crippen MR) is 121 cm³/mol. The Kier molecular flexibility index (Phi) is 7.63. The molecule has 0 bridgehead atoms. The summed E-state index contributed by atoms with van der Waals surface area (Å²) in [6, 6.07) is 15.9. The zero-order valence-electron chi connectivity index (χ0n) is 17.3. The molecule has 3 aromatic rings. The van der Waals surface area contributed by atoms with Crippen LogP contribution in [0, 0.1) is 0 Å². The van der Waals surface area contributed by atoms with Crippen molar-refractivity contribution in [2.75, 3.05) is 27.3 Å². The molecule has 0 N–H and O–H groups in total. The number of rotatable bonds is 10. The van der Waals surface area contributed by atoms with Gasteiger partial charge >= 0.3 is 0 Å². The highest BCUT2D eigenvalue weighted by atomic mass is 32.1. The molecule has 0 aliphatic heterocycles. The molecule has 2 aromatic carbocycles. The monoisotopic (exact) mass is 422 g/mol. The zero-order valence-corrected chi connectivity index (χ0v) is 18.2. The maximum Gasteiger partial charge on any atom is 0.228 e. The lowest BCUT2D eigenvalue weighted by atomic mass is 10.1. The third kappa shape index (κ3) is 5.48. The second-order valence-electron chi connectivity index (χ2n) is 6.75. The molecule has 156 valence electrons. The quantitative estimate of drug-likeness (QED) is 0.447. The molecule has 0 fully saturated rings. The maximum atomic E-state index is 12.9. The van der Waals surface area contributed by atoms with Crippen molar-refractivity contribution >= 4 is 17.2 Å². The molecule has 0 saturated carbocycles. The molecule has 0 atom stereocenters. The number of carbonyl (C=O) groups is 1. The smallest absolute Gasteiger partial charge is 0.228 e. The number of carbonyl (C=O) groups excluding carboxylic acids is 1. The lowest BCUT2D eigenvalue weighted by Crippen LogP contribution is -2.34. The van der Waals surface area contributed by atoms with Crippen LogP contribution in [0.4, 0.5) is 0 Å². The first-order chi connectivity index (χ1) is 14.6. The van der Waals surface area contributed by atoms with E-state index in [2.05, 4.69) is 23.7 Å². The van der Waals surface area contributed by atoms with Crippen molar-refractivity contribution in [2.24, 2.45) is 0 Å². The van der Waals surface area contributed by atoms with Gasteiger partial charge in [0.1, 0.15) is 5.01 Å². The van der Waals surface area contributed by atoms with E-state index in [-0.39, 0.29) is 12.3 Å². The van der Waals surface area contributed by atoms with E-state index in [0.717, 1.165) is 22.7 Å². The number of hydrogen-bond donors (Lipinski definition) is 0. The van der Waals surface area contributed by atoms with Crippen molar-refractivity contribution in [2.45, 2.75) is 12.8 Å². The summed E-state index contributed by atoms with van der Waals surface area (Å²) in [6.07, 6.45) is 2.85. The zero-order chi connectivity index (χ0) is 21.3. The first-order valence-electron chi connectivity index (χ1n) is 9.74. The van der Waals surface area contributed by atoms with Crippen LogP contribution >= 0.6 is 11.3 Å². The number of ether oxygens (including phenoxy) is 2. The number of hydrogen-bond acceptors (Lipinski definition) is 5. The van der Waals surface area contributed by atoms with Gasteiger partial charge in [0, 0.05) is 24.0 Å². The fourth-order valence-corrected chi connectivity index (χ4v) is 3.96. The number of benzene rings is 2. The molecular weight excluding hydrogens is 396 g/mol. The van der Waals surface area contributed by atoms with Gasteiger partial charge in [-0.1, -0.05) is 36.4 Å². The van der Waals surface area contributed by atoms with Gasteiger partial charge in [-0.25, -0.2) is 4.98 Å². The summed E-state index contributed by atoms with van der Waals surface area (Å²) < 4.78 is 10.7. The van der Waals surface area contributed by atoms with Crippen molar-refractivity contribution in [1.29, 1.82) is 0 Å². The van der Waals surface area contributed by atoms with Crippen molar-refractivity contribution in [3.05, 3.63) is 77.8 Å². The highest BCUT2D eigenvalue weighted by Crippen LogP contribution is 2.33. The maximum absolute atomic E-state index is 12.9. The summed E-state index contributed by atoms with van der Waals surface area (Å²) in [5.74, 6) is 1.38. The molecule has 1 amide bonds. The van der Waals surface area contributed by atoms with Crippen LogP contribution in [-0.2, 0) is 17.6 Å². The molecular formula is C24H26N2O3S. The van der Waals surface area contributed by atoms with Gasteiger partial charge in [0.25, 0.3) is 0 Å². The van der Waals surface area contributed by atoms with Gasteiger partial charge in [-0.2, -0.15) is 0 Å². The first kappa shape index (κ1) is 21.6. The van der Waals surface area contributed by atoms with Gasteiger partial charge in [-0.05, 0) is 30.2 Å². The molecule has 0 radical (unpaired) electrons. The van der Waals surface area contributed by atoms with E-state index in [0.29, 0.717) is 24.6 Å². The Balaban J connectivity index is 1.67. The summed E-state index contributed by atoms with van der Waals surface area (Å²) in [7, 11) is 3.22. The highest BCUT2D eigenvalue weighted by Gasteiger charge is 2.16. The Hall–Kier alpha value is -3.12. The fraction of sp³-hybridized carbons (Fsp3) is 0.250. The number of aromatic nitrogens is 1. The predicted octanol–water partition coefficient (Wildman–Crippen LogP) is 4.63. The number of nitrogens with zero attached hydrogens (tertiary/aromatic N) is 2. The largest absolute Gasteiger partial charge is 0.493 e. The van der Waals surface area contributed by atoms with Gasteiger partial charge in [0.15, 0.2) is 11.5 Å². The van der Waals surface area contributed by atoms with Crippen LogP contribution < -0.4 is 9.47 Å². The Labute approximate surface area is 181 Å². The lowest BCUT2D eigenvalue weighted by molar-refractivity contribution is -0.130. The van der Waals surface area contributed by atoms with Crippen LogP contribution in [-0.4, -0.2) is 43.1 Å². The minimum absolute atomic E-state index is 0.0509. The first-order valence-corrected chi connectivity index (χ1v) is 10.6. The SMILES string of the molecule is C=CCN(CCc1ccccc1)C(=O)Cc1csc(-c2ccc(OC)c(OC)c2)n1. The van der Waals surface area contributed by atoms with Crippen LogP contribution in [0.15, 0.2) is 66.6 Å². The fourth-order valence-electron chi connectivity index (χ4n) is 3.14. The van der Waals surface area contributed by atoms with E-state index < -0.39 is 0 Å². The minimum Gasteiger partial charge on any atom is -0.493 e. The molecule has 5 nitrogen and oxygen atoms in total. The molecule has 0 unspecified atom stereocenters. The second-order valence-corrected chi connectivity index (χ2v) is 7.61.